The summed E-state index contributed by atoms with van der Waals surface area (Å²) >= 11 is 0. The molecule has 3 nitrogen and oxygen atoms in total. The fourth-order valence-corrected chi connectivity index (χ4v) is 1.65. The van der Waals surface area contributed by atoms with Gasteiger partial charge in [0.15, 0.2) is 0 Å². The summed E-state index contributed by atoms with van der Waals surface area (Å²) in [5.74, 6) is 0.727. The van der Waals surface area contributed by atoms with Gasteiger partial charge in [-0.3, -0.25) is 4.79 Å². The largest absolute Gasteiger partial charge is 0.341 e. The minimum absolute atomic E-state index is 0.174. The molecule has 1 aromatic carbocycles. The van der Waals surface area contributed by atoms with Crippen LogP contribution in [0.5, 0.6) is 0 Å². The first-order valence-corrected chi connectivity index (χ1v) is 6.26. The minimum atomic E-state index is 0.174. The highest BCUT2D eigenvalue weighted by molar-refractivity contribution is 5.75. The average Bonchev–Trinajstić information content (AvgIpc) is 2.36. The van der Waals surface area contributed by atoms with Gasteiger partial charge in [0.2, 0.25) is 5.91 Å². The van der Waals surface area contributed by atoms with Crippen molar-refractivity contribution in [2.75, 3.05) is 7.05 Å². The van der Waals surface area contributed by atoms with E-state index >= 15 is 0 Å². The molecule has 1 rings (SSSR count). The molecule has 0 atom stereocenters. The molecule has 96 valence electrons. The van der Waals surface area contributed by atoms with Crippen LogP contribution in [-0.4, -0.2) is 17.9 Å². The van der Waals surface area contributed by atoms with Gasteiger partial charge in [-0.25, -0.2) is 0 Å². The van der Waals surface area contributed by atoms with Gasteiger partial charge in [0.1, 0.15) is 0 Å². The molecule has 0 heterocycles. The summed E-state index contributed by atoms with van der Waals surface area (Å²) in [6.07, 6.45) is 1.53. The second kappa shape index (κ2) is 6.80. The molecule has 0 aromatic heterocycles. The van der Waals surface area contributed by atoms with Gasteiger partial charge in [-0.1, -0.05) is 26.0 Å². The van der Waals surface area contributed by atoms with E-state index in [2.05, 4.69) is 19.9 Å². The maximum atomic E-state index is 11.8. The van der Waals surface area contributed by atoms with E-state index in [-0.39, 0.29) is 5.91 Å². The van der Waals surface area contributed by atoms with Crippen molar-refractivity contribution < 1.29 is 4.79 Å². The van der Waals surface area contributed by atoms with Crippen LogP contribution in [0.3, 0.4) is 0 Å². The average molecular weight is 244 g/mol. The molecule has 0 aliphatic rings. The lowest BCUT2D eigenvalue weighted by atomic mass is 10.1. The summed E-state index contributed by atoms with van der Waals surface area (Å²) in [6.45, 7) is 4.84. The fraction of sp³-hybridized carbons (Fsp3) is 0.467. The molecule has 0 saturated carbocycles. The van der Waals surface area contributed by atoms with Crippen molar-refractivity contribution in [3.63, 3.8) is 0 Å². The molecule has 0 saturated heterocycles. The Morgan fingerprint density at radius 1 is 1.33 bits per heavy atom. The van der Waals surface area contributed by atoms with Crippen molar-refractivity contribution in [3.8, 4) is 6.07 Å². The molecule has 0 radical (unpaired) electrons. The Labute approximate surface area is 109 Å². The van der Waals surface area contributed by atoms with E-state index in [1.165, 1.54) is 0 Å². The predicted octanol–water partition coefficient (Wildman–Crippen LogP) is 2.95. The second-order valence-electron chi connectivity index (χ2n) is 4.99. The Kier molecular flexibility index (Phi) is 5.38. The first-order chi connectivity index (χ1) is 8.52. The van der Waals surface area contributed by atoms with Crippen LogP contribution in [0.2, 0.25) is 0 Å². The summed E-state index contributed by atoms with van der Waals surface area (Å²) < 4.78 is 0. The Hall–Kier alpha value is -1.82. The Balaban J connectivity index is 2.50. The molecule has 0 N–H and O–H groups in total. The monoisotopic (exact) mass is 244 g/mol. The molecule has 0 aliphatic carbocycles. The third-order valence-corrected chi connectivity index (χ3v) is 2.86. The number of rotatable bonds is 5. The highest BCUT2D eigenvalue weighted by atomic mass is 16.2. The number of amides is 1. The van der Waals surface area contributed by atoms with Crippen LogP contribution in [0.4, 0.5) is 0 Å². The zero-order chi connectivity index (χ0) is 13.5. The van der Waals surface area contributed by atoms with E-state index in [0.717, 1.165) is 12.0 Å². The van der Waals surface area contributed by atoms with E-state index < -0.39 is 0 Å². The second-order valence-corrected chi connectivity index (χ2v) is 4.99. The van der Waals surface area contributed by atoms with Crippen molar-refractivity contribution in [3.05, 3.63) is 35.4 Å². The van der Waals surface area contributed by atoms with E-state index in [0.29, 0.717) is 24.4 Å². The van der Waals surface area contributed by atoms with Crippen molar-refractivity contribution in [2.24, 2.45) is 5.92 Å². The molecule has 0 aliphatic heterocycles. The van der Waals surface area contributed by atoms with E-state index in [1.807, 2.05) is 19.2 Å². The van der Waals surface area contributed by atoms with E-state index in [9.17, 15) is 4.79 Å². The van der Waals surface area contributed by atoms with Gasteiger partial charge in [0.05, 0.1) is 11.6 Å². The highest BCUT2D eigenvalue weighted by Crippen LogP contribution is 2.09. The van der Waals surface area contributed by atoms with Gasteiger partial charge in [-0.2, -0.15) is 5.26 Å². The number of nitrogens with zero attached hydrogens (tertiary/aromatic N) is 2. The van der Waals surface area contributed by atoms with Crippen molar-refractivity contribution in [1.29, 1.82) is 5.26 Å². The predicted molar refractivity (Wildman–Crippen MR) is 71.7 cm³/mol. The molecule has 18 heavy (non-hydrogen) atoms. The first kappa shape index (κ1) is 14.2. The lowest BCUT2D eigenvalue weighted by Crippen LogP contribution is -2.26. The van der Waals surface area contributed by atoms with Crippen LogP contribution in [0.25, 0.3) is 0 Å². The SMILES string of the molecule is CC(C)CCC(=O)N(C)Cc1ccc(C#N)cc1. The highest BCUT2D eigenvalue weighted by Gasteiger charge is 2.09. The van der Waals surface area contributed by atoms with Gasteiger partial charge in [-0.05, 0) is 30.0 Å². The van der Waals surface area contributed by atoms with E-state index in [4.69, 9.17) is 5.26 Å². The fourth-order valence-electron chi connectivity index (χ4n) is 1.65. The zero-order valence-corrected chi connectivity index (χ0v) is 11.3. The summed E-state index contributed by atoms with van der Waals surface area (Å²) in [5.41, 5.74) is 1.70. The van der Waals surface area contributed by atoms with Crippen LogP contribution in [0.15, 0.2) is 24.3 Å². The quantitative estimate of drug-likeness (QED) is 0.799. The molecule has 1 aromatic rings. The number of hydrogen-bond acceptors (Lipinski definition) is 2. The van der Waals surface area contributed by atoms with Crippen LogP contribution in [0.1, 0.15) is 37.8 Å². The standard InChI is InChI=1S/C15H20N2O/c1-12(2)4-9-15(18)17(3)11-14-7-5-13(10-16)6-8-14/h5-8,12H,4,9,11H2,1-3H3. The molecular formula is C15H20N2O. The van der Waals surface area contributed by atoms with Crippen LogP contribution < -0.4 is 0 Å². The number of nitriles is 1. The summed E-state index contributed by atoms with van der Waals surface area (Å²) in [6, 6.07) is 9.43. The van der Waals surface area contributed by atoms with Gasteiger partial charge in [0, 0.05) is 20.0 Å². The number of benzene rings is 1. The maximum Gasteiger partial charge on any atom is 0.222 e. The Bertz CT molecular complexity index is 429. The van der Waals surface area contributed by atoms with Gasteiger partial charge in [0.25, 0.3) is 0 Å². The van der Waals surface area contributed by atoms with Crippen LogP contribution >= 0.6 is 0 Å². The molecule has 1 amide bonds. The lowest BCUT2D eigenvalue weighted by Gasteiger charge is -2.17. The Morgan fingerprint density at radius 2 is 1.94 bits per heavy atom. The number of carbonyl (C=O) groups is 1. The minimum Gasteiger partial charge on any atom is -0.341 e. The van der Waals surface area contributed by atoms with E-state index in [1.54, 1.807) is 17.0 Å². The Morgan fingerprint density at radius 3 is 2.44 bits per heavy atom. The topological polar surface area (TPSA) is 44.1 Å². The first-order valence-electron chi connectivity index (χ1n) is 6.26. The third-order valence-electron chi connectivity index (χ3n) is 2.86. The zero-order valence-electron chi connectivity index (χ0n) is 11.3. The summed E-state index contributed by atoms with van der Waals surface area (Å²) in [5, 5.41) is 8.71. The van der Waals surface area contributed by atoms with Crippen LogP contribution in [-0.2, 0) is 11.3 Å². The summed E-state index contributed by atoms with van der Waals surface area (Å²) in [7, 11) is 1.82. The molecule has 0 fully saturated rings. The molecule has 0 unspecified atom stereocenters. The van der Waals surface area contributed by atoms with Crippen molar-refractivity contribution in [2.45, 2.75) is 33.2 Å². The third kappa shape index (κ3) is 4.58. The van der Waals surface area contributed by atoms with Gasteiger partial charge >= 0.3 is 0 Å². The lowest BCUT2D eigenvalue weighted by molar-refractivity contribution is -0.130. The molecule has 0 spiro atoms. The normalized spacial score (nSPS) is 10.2. The van der Waals surface area contributed by atoms with Gasteiger partial charge in [-0.15, -0.1) is 0 Å². The van der Waals surface area contributed by atoms with Gasteiger partial charge < -0.3 is 4.90 Å². The van der Waals surface area contributed by atoms with Crippen LogP contribution in [0, 0.1) is 17.2 Å². The van der Waals surface area contributed by atoms with Crippen molar-refractivity contribution >= 4 is 5.91 Å². The maximum absolute atomic E-state index is 11.8. The number of carbonyl (C=O) groups excluding carboxylic acids is 1. The summed E-state index contributed by atoms with van der Waals surface area (Å²) in [4.78, 5) is 13.6. The molecular weight excluding hydrogens is 224 g/mol. The van der Waals surface area contributed by atoms with Crippen molar-refractivity contribution in [1.82, 2.24) is 4.90 Å². The smallest absolute Gasteiger partial charge is 0.222 e. The molecule has 0 bridgehead atoms. The molecule has 3 heteroatoms. The number of hydrogen-bond donors (Lipinski definition) is 0.